The zero-order chi connectivity index (χ0) is 10.6. The van der Waals surface area contributed by atoms with E-state index in [-0.39, 0.29) is 0 Å². The lowest BCUT2D eigenvalue weighted by atomic mass is 9.69. The van der Waals surface area contributed by atoms with Crippen LogP contribution in [0.3, 0.4) is 0 Å². The van der Waals surface area contributed by atoms with Gasteiger partial charge < -0.3 is 0 Å². The largest absolute Gasteiger partial charge is 0.271 e. The summed E-state index contributed by atoms with van der Waals surface area (Å²) in [5, 5.41) is 0. The van der Waals surface area contributed by atoms with E-state index in [0.717, 1.165) is 6.42 Å². The number of hydrogen-bond donors (Lipinski definition) is 2. The zero-order valence-electron chi connectivity index (χ0n) is 9.60. The minimum absolute atomic E-state index is 0.381. The molecule has 1 aliphatic rings. The highest BCUT2D eigenvalue weighted by Crippen LogP contribution is 2.40. The molecule has 1 atom stereocenters. The molecule has 2 nitrogen and oxygen atoms in total. The lowest BCUT2D eigenvalue weighted by Crippen LogP contribution is -2.48. The molecule has 0 aromatic rings. The highest BCUT2D eigenvalue weighted by Gasteiger charge is 2.34. The summed E-state index contributed by atoms with van der Waals surface area (Å²) in [6.45, 7) is 8.41. The van der Waals surface area contributed by atoms with Crippen LogP contribution in [0.4, 0.5) is 0 Å². The fourth-order valence-corrected chi connectivity index (χ4v) is 2.56. The van der Waals surface area contributed by atoms with Crippen LogP contribution < -0.4 is 11.3 Å². The minimum Gasteiger partial charge on any atom is -0.271 e. The number of hydrogen-bond acceptors (Lipinski definition) is 2. The molecule has 0 heterocycles. The summed E-state index contributed by atoms with van der Waals surface area (Å²) >= 11 is 0. The standard InChI is InChI=1S/C12H24N2/c1-10(2)9-11(14-13)12(3)7-5-4-6-8-12/h11,14H,1,4-9,13H2,2-3H3. The number of nitrogens with one attached hydrogen (secondary N) is 1. The quantitative estimate of drug-likeness (QED) is 0.412. The predicted molar refractivity (Wildman–Crippen MR) is 61.7 cm³/mol. The van der Waals surface area contributed by atoms with Crippen molar-refractivity contribution in [1.29, 1.82) is 0 Å². The van der Waals surface area contributed by atoms with Gasteiger partial charge in [-0.15, -0.1) is 6.58 Å². The Morgan fingerprint density at radius 1 is 1.43 bits per heavy atom. The second-order valence-corrected chi connectivity index (χ2v) is 5.10. The van der Waals surface area contributed by atoms with Gasteiger partial charge in [-0.3, -0.25) is 11.3 Å². The molecule has 1 saturated carbocycles. The van der Waals surface area contributed by atoms with E-state index in [0.29, 0.717) is 11.5 Å². The molecule has 0 radical (unpaired) electrons. The first-order valence-electron chi connectivity index (χ1n) is 5.69. The maximum Gasteiger partial charge on any atom is 0.0301 e. The van der Waals surface area contributed by atoms with E-state index in [1.165, 1.54) is 37.7 Å². The zero-order valence-corrected chi connectivity index (χ0v) is 9.60. The summed E-state index contributed by atoms with van der Waals surface area (Å²) in [4.78, 5) is 0. The monoisotopic (exact) mass is 196 g/mol. The number of hydrazine groups is 1. The Morgan fingerprint density at radius 2 is 2.00 bits per heavy atom. The Labute approximate surface area is 87.9 Å². The maximum absolute atomic E-state index is 5.65. The molecule has 1 rings (SSSR count). The highest BCUT2D eigenvalue weighted by molar-refractivity contribution is 4.99. The van der Waals surface area contributed by atoms with Crippen molar-refractivity contribution in [2.75, 3.05) is 0 Å². The topological polar surface area (TPSA) is 38.0 Å². The molecule has 1 fully saturated rings. The number of rotatable bonds is 4. The van der Waals surface area contributed by atoms with Gasteiger partial charge in [0.25, 0.3) is 0 Å². The summed E-state index contributed by atoms with van der Waals surface area (Å²) in [6.07, 6.45) is 7.70. The molecule has 0 aromatic carbocycles. The third-order valence-electron chi connectivity index (χ3n) is 3.59. The molecule has 0 aromatic heterocycles. The van der Waals surface area contributed by atoms with Gasteiger partial charge in [0.05, 0.1) is 0 Å². The van der Waals surface area contributed by atoms with Gasteiger partial charge >= 0.3 is 0 Å². The van der Waals surface area contributed by atoms with Gasteiger partial charge in [0.1, 0.15) is 0 Å². The molecule has 3 N–H and O–H groups in total. The second kappa shape index (κ2) is 4.94. The summed E-state index contributed by atoms with van der Waals surface area (Å²) in [5.74, 6) is 5.65. The molecule has 2 heteroatoms. The van der Waals surface area contributed by atoms with Gasteiger partial charge in [-0.25, -0.2) is 0 Å². The lowest BCUT2D eigenvalue weighted by Gasteiger charge is -2.40. The van der Waals surface area contributed by atoms with Crippen LogP contribution in [-0.2, 0) is 0 Å². The van der Waals surface area contributed by atoms with Crippen molar-refractivity contribution >= 4 is 0 Å². The van der Waals surface area contributed by atoms with Gasteiger partial charge in [-0.05, 0) is 31.6 Å². The van der Waals surface area contributed by atoms with Gasteiger partial charge in [0, 0.05) is 6.04 Å². The molecular weight excluding hydrogens is 172 g/mol. The fraction of sp³-hybridized carbons (Fsp3) is 0.833. The first kappa shape index (κ1) is 11.7. The van der Waals surface area contributed by atoms with E-state index in [1.807, 2.05) is 0 Å². The third-order valence-corrected chi connectivity index (χ3v) is 3.59. The SMILES string of the molecule is C=C(C)CC(NN)C1(C)CCCCC1. The Balaban J connectivity index is 2.60. The molecule has 1 aliphatic carbocycles. The summed E-state index contributed by atoms with van der Waals surface area (Å²) in [5.41, 5.74) is 4.59. The molecule has 0 saturated heterocycles. The highest BCUT2D eigenvalue weighted by atomic mass is 15.2. The van der Waals surface area contributed by atoms with Crippen molar-refractivity contribution in [3.05, 3.63) is 12.2 Å². The van der Waals surface area contributed by atoms with Crippen LogP contribution in [0.5, 0.6) is 0 Å². The molecule has 0 bridgehead atoms. The van der Waals surface area contributed by atoms with Crippen LogP contribution >= 0.6 is 0 Å². The average molecular weight is 196 g/mol. The smallest absolute Gasteiger partial charge is 0.0301 e. The first-order valence-corrected chi connectivity index (χ1v) is 5.69. The van der Waals surface area contributed by atoms with Gasteiger partial charge in [-0.1, -0.05) is 31.8 Å². The maximum atomic E-state index is 5.65. The van der Waals surface area contributed by atoms with Crippen LogP contribution in [0.1, 0.15) is 52.4 Å². The van der Waals surface area contributed by atoms with Gasteiger partial charge in [-0.2, -0.15) is 0 Å². The van der Waals surface area contributed by atoms with E-state index in [2.05, 4.69) is 25.9 Å². The van der Waals surface area contributed by atoms with E-state index in [4.69, 9.17) is 5.84 Å². The molecule has 0 spiro atoms. The van der Waals surface area contributed by atoms with Crippen molar-refractivity contribution in [2.24, 2.45) is 11.3 Å². The second-order valence-electron chi connectivity index (χ2n) is 5.10. The van der Waals surface area contributed by atoms with Crippen molar-refractivity contribution < 1.29 is 0 Å². The van der Waals surface area contributed by atoms with Crippen molar-refractivity contribution in [3.8, 4) is 0 Å². The van der Waals surface area contributed by atoms with Crippen molar-refractivity contribution in [1.82, 2.24) is 5.43 Å². The fourth-order valence-electron chi connectivity index (χ4n) is 2.56. The van der Waals surface area contributed by atoms with E-state index in [1.54, 1.807) is 0 Å². The van der Waals surface area contributed by atoms with E-state index < -0.39 is 0 Å². The van der Waals surface area contributed by atoms with Crippen LogP contribution in [0.25, 0.3) is 0 Å². The lowest BCUT2D eigenvalue weighted by molar-refractivity contribution is 0.144. The van der Waals surface area contributed by atoms with Gasteiger partial charge in [0.15, 0.2) is 0 Å². The average Bonchev–Trinajstić information content (AvgIpc) is 2.15. The summed E-state index contributed by atoms with van der Waals surface area (Å²) in [7, 11) is 0. The number of nitrogens with two attached hydrogens (primary N) is 1. The molecule has 14 heavy (non-hydrogen) atoms. The van der Waals surface area contributed by atoms with Crippen LogP contribution in [-0.4, -0.2) is 6.04 Å². The van der Waals surface area contributed by atoms with Gasteiger partial charge in [0.2, 0.25) is 0 Å². The Hall–Kier alpha value is -0.340. The minimum atomic E-state index is 0.381. The summed E-state index contributed by atoms with van der Waals surface area (Å²) < 4.78 is 0. The van der Waals surface area contributed by atoms with Crippen LogP contribution in [0, 0.1) is 5.41 Å². The van der Waals surface area contributed by atoms with Crippen LogP contribution in [0.2, 0.25) is 0 Å². The first-order chi connectivity index (χ1) is 6.58. The van der Waals surface area contributed by atoms with E-state index >= 15 is 0 Å². The Kier molecular flexibility index (Phi) is 4.14. The van der Waals surface area contributed by atoms with Crippen LogP contribution in [0.15, 0.2) is 12.2 Å². The van der Waals surface area contributed by atoms with Crippen molar-refractivity contribution in [3.63, 3.8) is 0 Å². The predicted octanol–water partition coefficient (Wildman–Crippen LogP) is 2.75. The molecule has 0 amide bonds. The molecule has 0 aliphatic heterocycles. The normalized spacial score (nSPS) is 23.1. The van der Waals surface area contributed by atoms with E-state index in [9.17, 15) is 0 Å². The molecular formula is C12H24N2. The molecule has 1 unspecified atom stereocenters. The Morgan fingerprint density at radius 3 is 2.43 bits per heavy atom. The Bertz CT molecular complexity index is 192. The van der Waals surface area contributed by atoms with Crippen molar-refractivity contribution in [2.45, 2.75) is 58.4 Å². The molecule has 82 valence electrons. The summed E-state index contributed by atoms with van der Waals surface area (Å²) in [6, 6.07) is 0.403. The third kappa shape index (κ3) is 2.82.